The van der Waals surface area contributed by atoms with Crippen LogP contribution in [-0.2, 0) is 6.42 Å². The molecule has 0 aliphatic rings. The van der Waals surface area contributed by atoms with Crippen molar-refractivity contribution in [3.8, 4) is 0 Å². The molecule has 0 fully saturated rings. The summed E-state index contributed by atoms with van der Waals surface area (Å²) >= 11 is 1.72. The van der Waals surface area contributed by atoms with Crippen LogP contribution in [-0.4, -0.2) is 17.4 Å². The van der Waals surface area contributed by atoms with Crippen LogP contribution in [0.1, 0.15) is 27.5 Å². The lowest BCUT2D eigenvalue weighted by Crippen LogP contribution is -2.24. The molecule has 0 spiro atoms. The molecule has 0 atom stereocenters. The lowest BCUT2D eigenvalue weighted by Gasteiger charge is -2.03. The van der Waals surface area contributed by atoms with E-state index < -0.39 is 0 Å². The topological polar surface area (TPSA) is 55.1 Å². The standard InChI is InChI=1S/C16H16N2O2S/c1-11-12(8-10-20-11)16(19)17-9-4-7-15-18-13-5-2-3-6-14(13)21-15/h2-3,5-6,8,10H,4,7,9H2,1H3,(H,17,19). The van der Waals surface area contributed by atoms with E-state index in [9.17, 15) is 4.79 Å². The van der Waals surface area contributed by atoms with Crippen LogP contribution in [0.2, 0.25) is 0 Å². The fourth-order valence-corrected chi connectivity index (χ4v) is 3.19. The number of carbonyl (C=O) groups excluding carboxylic acids is 1. The maximum atomic E-state index is 11.9. The van der Waals surface area contributed by atoms with Crippen LogP contribution >= 0.6 is 11.3 Å². The smallest absolute Gasteiger partial charge is 0.254 e. The van der Waals surface area contributed by atoms with Gasteiger partial charge in [0.1, 0.15) is 5.76 Å². The third-order valence-corrected chi connectivity index (χ3v) is 4.39. The van der Waals surface area contributed by atoms with Crippen molar-refractivity contribution in [3.63, 3.8) is 0 Å². The number of hydrogen-bond acceptors (Lipinski definition) is 4. The first kappa shape index (κ1) is 13.8. The van der Waals surface area contributed by atoms with Crippen molar-refractivity contribution in [2.45, 2.75) is 19.8 Å². The molecule has 0 aliphatic carbocycles. The molecular formula is C16H16N2O2S. The zero-order valence-corrected chi connectivity index (χ0v) is 12.6. The summed E-state index contributed by atoms with van der Waals surface area (Å²) in [5.74, 6) is 0.573. The second-order valence-electron chi connectivity index (χ2n) is 4.83. The fraction of sp³-hybridized carbons (Fsp3) is 0.250. The Morgan fingerprint density at radius 2 is 2.19 bits per heavy atom. The number of furan rings is 1. The number of benzene rings is 1. The number of hydrogen-bond donors (Lipinski definition) is 1. The van der Waals surface area contributed by atoms with E-state index in [2.05, 4.69) is 16.4 Å². The molecule has 1 aromatic carbocycles. The van der Waals surface area contributed by atoms with Gasteiger partial charge in [0.05, 0.1) is 27.1 Å². The zero-order valence-electron chi connectivity index (χ0n) is 11.8. The third-order valence-electron chi connectivity index (χ3n) is 3.29. The summed E-state index contributed by atoms with van der Waals surface area (Å²) in [5.41, 5.74) is 1.66. The molecular weight excluding hydrogens is 284 g/mol. The number of rotatable bonds is 5. The van der Waals surface area contributed by atoms with Crippen LogP contribution in [0.3, 0.4) is 0 Å². The molecule has 0 radical (unpaired) electrons. The van der Waals surface area contributed by atoms with Crippen LogP contribution < -0.4 is 5.32 Å². The summed E-state index contributed by atoms with van der Waals surface area (Å²) in [4.78, 5) is 16.5. The van der Waals surface area contributed by atoms with Crippen molar-refractivity contribution in [3.05, 3.63) is 52.9 Å². The second kappa shape index (κ2) is 6.10. The fourth-order valence-electron chi connectivity index (χ4n) is 2.18. The minimum Gasteiger partial charge on any atom is -0.469 e. The highest BCUT2D eigenvalue weighted by atomic mass is 32.1. The summed E-state index contributed by atoms with van der Waals surface area (Å²) in [7, 11) is 0. The van der Waals surface area contributed by atoms with Crippen molar-refractivity contribution >= 4 is 27.5 Å². The Bertz CT molecular complexity index is 727. The molecule has 0 saturated heterocycles. The van der Waals surface area contributed by atoms with Gasteiger partial charge in [-0.2, -0.15) is 0 Å². The first-order valence-electron chi connectivity index (χ1n) is 6.91. The van der Waals surface area contributed by atoms with E-state index >= 15 is 0 Å². The van der Waals surface area contributed by atoms with Gasteiger partial charge in [-0.1, -0.05) is 12.1 Å². The second-order valence-corrected chi connectivity index (χ2v) is 5.94. The van der Waals surface area contributed by atoms with E-state index in [4.69, 9.17) is 4.42 Å². The normalized spacial score (nSPS) is 10.9. The number of fused-ring (bicyclic) bond motifs is 1. The molecule has 3 aromatic rings. The molecule has 1 amide bonds. The predicted molar refractivity (Wildman–Crippen MR) is 83.7 cm³/mol. The quantitative estimate of drug-likeness (QED) is 0.733. The Labute approximate surface area is 126 Å². The van der Waals surface area contributed by atoms with Gasteiger partial charge in [0.25, 0.3) is 5.91 Å². The Balaban J connectivity index is 1.50. The van der Waals surface area contributed by atoms with E-state index in [1.165, 1.54) is 11.0 Å². The summed E-state index contributed by atoms with van der Waals surface area (Å²) in [6.07, 6.45) is 3.29. The van der Waals surface area contributed by atoms with Crippen LogP contribution in [0.15, 0.2) is 41.0 Å². The Morgan fingerprint density at radius 3 is 2.95 bits per heavy atom. The summed E-state index contributed by atoms with van der Waals surface area (Å²) < 4.78 is 6.34. The largest absolute Gasteiger partial charge is 0.469 e. The maximum absolute atomic E-state index is 11.9. The van der Waals surface area contributed by atoms with Gasteiger partial charge < -0.3 is 9.73 Å². The van der Waals surface area contributed by atoms with Crippen LogP contribution in [0.25, 0.3) is 10.2 Å². The first-order valence-corrected chi connectivity index (χ1v) is 7.72. The molecule has 0 aliphatic heterocycles. The van der Waals surface area contributed by atoms with Crippen LogP contribution in [0.5, 0.6) is 0 Å². The molecule has 2 heterocycles. The SMILES string of the molecule is Cc1occc1C(=O)NCCCc1nc2ccccc2s1. The Hall–Kier alpha value is -2.14. The van der Waals surface area contributed by atoms with Gasteiger partial charge in [0, 0.05) is 13.0 Å². The highest BCUT2D eigenvalue weighted by molar-refractivity contribution is 7.18. The number of carbonyl (C=O) groups is 1. The number of nitrogens with one attached hydrogen (secondary N) is 1. The highest BCUT2D eigenvalue weighted by Gasteiger charge is 2.10. The maximum Gasteiger partial charge on any atom is 0.254 e. The molecule has 2 aromatic heterocycles. The highest BCUT2D eigenvalue weighted by Crippen LogP contribution is 2.22. The number of aromatic nitrogens is 1. The summed E-state index contributed by atoms with van der Waals surface area (Å²) in [6, 6.07) is 9.83. The average Bonchev–Trinajstić information content (AvgIpc) is 3.08. The Kier molecular flexibility index (Phi) is 4.01. The minimum atomic E-state index is -0.0782. The first-order chi connectivity index (χ1) is 10.2. The monoisotopic (exact) mass is 300 g/mol. The average molecular weight is 300 g/mol. The number of para-hydroxylation sites is 1. The van der Waals surface area contributed by atoms with E-state index in [-0.39, 0.29) is 5.91 Å². The number of aryl methyl sites for hydroxylation is 2. The van der Waals surface area contributed by atoms with Crippen molar-refractivity contribution in [1.29, 1.82) is 0 Å². The number of amides is 1. The van der Waals surface area contributed by atoms with Crippen molar-refractivity contribution in [2.24, 2.45) is 0 Å². The van der Waals surface area contributed by atoms with Crippen molar-refractivity contribution in [2.75, 3.05) is 6.54 Å². The van der Waals surface area contributed by atoms with Crippen LogP contribution in [0, 0.1) is 6.92 Å². The van der Waals surface area contributed by atoms with E-state index in [0.717, 1.165) is 23.4 Å². The van der Waals surface area contributed by atoms with Crippen molar-refractivity contribution < 1.29 is 9.21 Å². The van der Waals surface area contributed by atoms with E-state index in [1.807, 2.05) is 18.2 Å². The zero-order chi connectivity index (χ0) is 14.7. The third kappa shape index (κ3) is 3.13. The molecule has 5 heteroatoms. The predicted octanol–water partition coefficient (Wildman–Crippen LogP) is 3.56. The van der Waals surface area contributed by atoms with Crippen LogP contribution in [0.4, 0.5) is 0 Å². The van der Waals surface area contributed by atoms with Gasteiger partial charge in [0.2, 0.25) is 0 Å². The Morgan fingerprint density at radius 1 is 1.33 bits per heavy atom. The van der Waals surface area contributed by atoms with Gasteiger partial charge >= 0.3 is 0 Å². The molecule has 4 nitrogen and oxygen atoms in total. The van der Waals surface area contributed by atoms with Gasteiger partial charge in [0.15, 0.2) is 0 Å². The molecule has 108 valence electrons. The number of nitrogens with zero attached hydrogens (tertiary/aromatic N) is 1. The van der Waals surface area contributed by atoms with Gasteiger partial charge in [-0.3, -0.25) is 4.79 Å². The molecule has 1 N–H and O–H groups in total. The molecule has 3 rings (SSSR count). The van der Waals surface area contributed by atoms with Gasteiger partial charge in [-0.25, -0.2) is 4.98 Å². The molecule has 0 unspecified atom stereocenters. The molecule has 21 heavy (non-hydrogen) atoms. The molecule has 0 saturated carbocycles. The van der Waals surface area contributed by atoms with Crippen molar-refractivity contribution in [1.82, 2.24) is 10.3 Å². The lowest BCUT2D eigenvalue weighted by molar-refractivity contribution is 0.0951. The van der Waals surface area contributed by atoms with Gasteiger partial charge in [-0.05, 0) is 31.5 Å². The minimum absolute atomic E-state index is 0.0782. The van der Waals surface area contributed by atoms with E-state index in [1.54, 1.807) is 24.3 Å². The molecule has 0 bridgehead atoms. The van der Waals surface area contributed by atoms with E-state index in [0.29, 0.717) is 17.9 Å². The summed E-state index contributed by atoms with van der Waals surface area (Å²) in [5, 5.41) is 4.02. The number of thiazole rings is 1. The summed E-state index contributed by atoms with van der Waals surface area (Å²) in [6.45, 7) is 2.43. The van der Waals surface area contributed by atoms with Gasteiger partial charge in [-0.15, -0.1) is 11.3 Å². The lowest BCUT2D eigenvalue weighted by atomic mass is 10.2.